The number of ketones is 1. The van der Waals surface area contributed by atoms with Gasteiger partial charge in [0.25, 0.3) is 5.24 Å². The molecule has 0 fully saturated rings. The Kier molecular flexibility index (Phi) is 5.55. The number of halogens is 3. The van der Waals surface area contributed by atoms with E-state index in [0.29, 0.717) is 0 Å². The molecule has 0 aliphatic rings. The first-order valence-electron chi connectivity index (χ1n) is 3.93. The standard InChI is InChI=1S/C8H7Cl3O5/c1-3(12)5(6(10)14)8(16,7(11)15)2-4(9)13/h5,16H,2H2,1H3. The molecule has 0 aliphatic carbocycles. The van der Waals surface area contributed by atoms with Crippen LogP contribution in [-0.2, 0) is 19.2 Å². The van der Waals surface area contributed by atoms with E-state index >= 15 is 0 Å². The molecule has 0 radical (unpaired) electrons. The zero-order chi connectivity index (χ0) is 13.1. The molecule has 0 aliphatic heterocycles. The molecule has 5 nitrogen and oxygen atoms in total. The predicted molar refractivity (Wildman–Crippen MR) is 56.3 cm³/mol. The summed E-state index contributed by atoms with van der Waals surface area (Å²) in [6, 6.07) is 0. The van der Waals surface area contributed by atoms with E-state index in [2.05, 4.69) is 0 Å². The molecule has 0 saturated heterocycles. The van der Waals surface area contributed by atoms with E-state index in [-0.39, 0.29) is 0 Å². The molecule has 0 aromatic carbocycles. The zero-order valence-corrected chi connectivity index (χ0v) is 10.3. The highest BCUT2D eigenvalue weighted by molar-refractivity contribution is 6.70. The van der Waals surface area contributed by atoms with Crippen molar-refractivity contribution in [3.05, 3.63) is 0 Å². The van der Waals surface area contributed by atoms with Crippen molar-refractivity contribution < 1.29 is 24.3 Å². The minimum atomic E-state index is -2.70. The molecule has 0 spiro atoms. The van der Waals surface area contributed by atoms with E-state index in [4.69, 9.17) is 34.8 Å². The Morgan fingerprint density at radius 1 is 1.19 bits per heavy atom. The van der Waals surface area contributed by atoms with Crippen LogP contribution in [0.2, 0.25) is 0 Å². The molecule has 0 heterocycles. The van der Waals surface area contributed by atoms with Crippen LogP contribution in [0.15, 0.2) is 0 Å². The predicted octanol–water partition coefficient (Wildman–Crippen LogP) is 0.609. The van der Waals surface area contributed by atoms with Crippen LogP contribution in [0.4, 0.5) is 0 Å². The van der Waals surface area contributed by atoms with Gasteiger partial charge in [-0.3, -0.25) is 19.2 Å². The van der Waals surface area contributed by atoms with Crippen LogP contribution < -0.4 is 0 Å². The van der Waals surface area contributed by atoms with Crippen LogP contribution in [0.5, 0.6) is 0 Å². The van der Waals surface area contributed by atoms with E-state index < -0.39 is 39.5 Å². The maximum absolute atomic E-state index is 11.1. The summed E-state index contributed by atoms with van der Waals surface area (Å²) in [6.45, 7) is 0.925. The van der Waals surface area contributed by atoms with Crippen LogP contribution >= 0.6 is 34.8 Å². The van der Waals surface area contributed by atoms with Gasteiger partial charge in [-0.2, -0.15) is 0 Å². The van der Waals surface area contributed by atoms with E-state index in [0.717, 1.165) is 6.92 Å². The lowest BCUT2D eigenvalue weighted by atomic mass is 9.84. The van der Waals surface area contributed by atoms with Crippen LogP contribution in [0, 0.1) is 5.92 Å². The van der Waals surface area contributed by atoms with Gasteiger partial charge in [0.15, 0.2) is 5.60 Å². The smallest absolute Gasteiger partial charge is 0.255 e. The van der Waals surface area contributed by atoms with Gasteiger partial charge in [-0.25, -0.2) is 0 Å². The van der Waals surface area contributed by atoms with Crippen LogP contribution in [-0.4, -0.2) is 32.2 Å². The van der Waals surface area contributed by atoms with Gasteiger partial charge in [-0.05, 0) is 41.7 Å². The van der Waals surface area contributed by atoms with Crippen molar-refractivity contribution in [3.8, 4) is 0 Å². The Balaban J connectivity index is 5.46. The van der Waals surface area contributed by atoms with Gasteiger partial charge in [0, 0.05) is 0 Å². The summed E-state index contributed by atoms with van der Waals surface area (Å²) < 4.78 is 0. The second-order valence-electron chi connectivity index (χ2n) is 3.08. The van der Waals surface area contributed by atoms with Crippen molar-refractivity contribution >= 4 is 56.3 Å². The van der Waals surface area contributed by atoms with Gasteiger partial charge >= 0.3 is 0 Å². The maximum atomic E-state index is 11.1. The molecule has 2 atom stereocenters. The zero-order valence-electron chi connectivity index (χ0n) is 8.00. The SMILES string of the molecule is CC(=O)C(C(=O)Cl)C(O)(CC(=O)Cl)C(=O)Cl. The molecule has 2 unspecified atom stereocenters. The van der Waals surface area contributed by atoms with Crippen molar-refractivity contribution in [2.45, 2.75) is 18.9 Å². The summed E-state index contributed by atoms with van der Waals surface area (Å²) in [7, 11) is 0. The van der Waals surface area contributed by atoms with Crippen molar-refractivity contribution in [1.82, 2.24) is 0 Å². The highest BCUT2D eigenvalue weighted by Crippen LogP contribution is 2.28. The second-order valence-corrected chi connectivity index (χ2v) is 4.22. The lowest BCUT2D eigenvalue weighted by molar-refractivity contribution is -0.150. The van der Waals surface area contributed by atoms with Gasteiger partial charge in [-0.1, -0.05) is 0 Å². The molecule has 0 aromatic rings. The van der Waals surface area contributed by atoms with Crippen molar-refractivity contribution in [3.63, 3.8) is 0 Å². The first-order valence-corrected chi connectivity index (χ1v) is 5.06. The molecule has 0 rings (SSSR count). The number of carbonyl (C=O) groups is 4. The quantitative estimate of drug-likeness (QED) is 0.571. The molecule has 0 amide bonds. The minimum Gasteiger partial charge on any atom is -0.379 e. The number of hydrogen-bond acceptors (Lipinski definition) is 5. The topological polar surface area (TPSA) is 88.5 Å². The van der Waals surface area contributed by atoms with E-state index in [9.17, 15) is 24.3 Å². The highest BCUT2D eigenvalue weighted by atomic mass is 35.5. The summed E-state index contributed by atoms with van der Waals surface area (Å²) >= 11 is 15.1. The first kappa shape index (κ1) is 15.5. The Labute approximate surface area is 106 Å². The summed E-state index contributed by atoms with van der Waals surface area (Å²) in [6.07, 6.45) is -0.973. The lowest BCUT2D eigenvalue weighted by Crippen LogP contribution is -2.50. The molecule has 0 aromatic heterocycles. The van der Waals surface area contributed by atoms with Gasteiger partial charge in [-0.15, -0.1) is 0 Å². The summed E-state index contributed by atoms with van der Waals surface area (Å²) in [4.78, 5) is 43.7. The van der Waals surface area contributed by atoms with E-state index in [1.807, 2.05) is 0 Å². The minimum absolute atomic E-state index is 0.894. The largest absolute Gasteiger partial charge is 0.379 e. The Morgan fingerprint density at radius 2 is 1.62 bits per heavy atom. The average molecular weight is 289 g/mol. The third-order valence-electron chi connectivity index (χ3n) is 1.86. The van der Waals surface area contributed by atoms with Crippen molar-refractivity contribution in [2.24, 2.45) is 5.92 Å². The van der Waals surface area contributed by atoms with Crippen LogP contribution in [0.1, 0.15) is 13.3 Å². The van der Waals surface area contributed by atoms with Crippen molar-refractivity contribution in [1.29, 1.82) is 0 Å². The molecule has 0 bridgehead atoms. The molecule has 16 heavy (non-hydrogen) atoms. The molecule has 8 heteroatoms. The monoisotopic (exact) mass is 288 g/mol. The molecule has 0 saturated carbocycles. The highest BCUT2D eigenvalue weighted by Gasteiger charge is 2.50. The summed E-state index contributed by atoms with van der Waals surface area (Å²) in [5.41, 5.74) is -2.70. The van der Waals surface area contributed by atoms with Crippen LogP contribution in [0.3, 0.4) is 0 Å². The van der Waals surface area contributed by atoms with Gasteiger partial charge in [0.2, 0.25) is 10.5 Å². The number of carbonyl (C=O) groups excluding carboxylic acids is 4. The van der Waals surface area contributed by atoms with E-state index in [1.165, 1.54) is 0 Å². The van der Waals surface area contributed by atoms with Crippen molar-refractivity contribution in [2.75, 3.05) is 0 Å². The number of aliphatic hydroxyl groups is 1. The number of Topliss-reactive ketones (excluding diaryl/α,β-unsaturated/α-hetero) is 1. The average Bonchev–Trinajstić information content (AvgIpc) is 1.99. The fourth-order valence-electron chi connectivity index (χ4n) is 1.18. The number of hydrogen-bond donors (Lipinski definition) is 1. The van der Waals surface area contributed by atoms with Gasteiger partial charge in [0.1, 0.15) is 11.7 Å². The summed E-state index contributed by atoms with van der Waals surface area (Å²) in [5.74, 6) is -2.81. The second kappa shape index (κ2) is 5.72. The Bertz CT molecular complexity index is 340. The van der Waals surface area contributed by atoms with E-state index in [1.54, 1.807) is 0 Å². The molecular formula is C8H7Cl3O5. The third kappa shape index (κ3) is 3.52. The lowest BCUT2D eigenvalue weighted by Gasteiger charge is -2.27. The summed E-state index contributed by atoms with van der Waals surface area (Å²) in [5, 5.41) is 5.88. The Morgan fingerprint density at radius 3 is 1.81 bits per heavy atom. The van der Waals surface area contributed by atoms with Gasteiger partial charge in [0.05, 0.1) is 6.42 Å². The fraction of sp³-hybridized carbons (Fsp3) is 0.500. The molecule has 1 N–H and O–H groups in total. The Hall–Kier alpha value is -0.490. The molecule has 90 valence electrons. The first-order chi connectivity index (χ1) is 7.12. The fourth-order valence-corrected chi connectivity index (χ4v) is 1.89. The number of rotatable bonds is 6. The normalized spacial score (nSPS) is 16.1. The maximum Gasteiger partial charge on any atom is 0.255 e. The molecular weight excluding hydrogens is 282 g/mol. The third-order valence-corrected chi connectivity index (χ3v) is 2.54. The van der Waals surface area contributed by atoms with Crippen LogP contribution in [0.25, 0.3) is 0 Å². The van der Waals surface area contributed by atoms with Gasteiger partial charge < -0.3 is 5.11 Å².